The Hall–Kier alpha value is -1.35. The van der Waals surface area contributed by atoms with Gasteiger partial charge < -0.3 is 10.2 Å². The predicted octanol–water partition coefficient (Wildman–Crippen LogP) is 1.96. The van der Waals surface area contributed by atoms with Crippen molar-refractivity contribution >= 4 is 5.91 Å². The van der Waals surface area contributed by atoms with Gasteiger partial charge in [-0.15, -0.1) is 0 Å². The van der Waals surface area contributed by atoms with Gasteiger partial charge in [-0.05, 0) is 30.7 Å². The lowest BCUT2D eigenvalue weighted by atomic mass is 9.86. The second kappa shape index (κ2) is 8.33. The maximum absolute atomic E-state index is 12.2. The molecule has 1 aromatic rings. The summed E-state index contributed by atoms with van der Waals surface area (Å²) in [5, 5.41) is 3.24. The summed E-state index contributed by atoms with van der Waals surface area (Å²) in [6, 6.07) is 9.13. The maximum Gasteiger partial charge on any atom is 0.275 e. The summed E-state index contributed by atoms with van der Waals surface area (Å²) in [5.74, 6) is 0.820. The van der Waals surface area contributed by atoms with E-state index in [0.717, 1.165) is 19.4 Å². The highest BCUT2D eigenvalue weighted by Crippen LogP contribution is 2.23. The third-order valence-corrected chi connectivity index (χ3v) is 4.86. The fourth-order valence-corrected chi connectivity index (χ4v) is 3.37. The van der Waals surface area contributed by atoms with Crippen LogP contribution in [0.1, 0.15) is 50.7 Å². The van der Waals surface area contributed by atoms with E-state index in [1.54, 1.807) is 0 Å². The normalized spacial score (nSPS) is 23.0. The highest BCUT2D eigenvalue weighted by molar-refractivity contribution is 5.77. The van der Waals surface area contributed by atoms with Gasteiger partial charge in [0.05, 0.1) is 7.05 Å². The molecular formula is C19H31N2O+. The van der Waals surface area contributed by atoms with Crippen molar-refractivity contribution in [1.82, 2.24) is 5.32 Å². The molecule has 3 nitrogen and oxygen atoms in total. The van der Waals surface area contributed by atoms with Gasteiger partial charge in [-0.1, -0.05) is 51.0 Å². The number of hydrogen-bond acceptors (Lipinski definition) is 1. The van der Waals surface area contributed by atoms with Crippen LogP contribution in [0.5, 0.6) is 0 Å². The molecule has 1 unspecified atom stereocenters. The second-order valence-electron chi connectivity index (χ2n) is 6.92. The van der Waals surface area contributed by atoms with Crippen molar-refractivity contribution in [2.75, 3.05) is 13.6 Å². The molecule has 2 N–H and O–H groups in total. The van der Waals surface area contributed by atoms with Gasteiger partial charge in [0.15, 0.2) is 6.54 Å². The molecule has 0 spiro atoms. The van der Waals surface area contributed by atoms with Crippen molar-refractivity contribution in [3.63, 3.8) is 0 Å². The molecule has 1 saturated carbocycles. The smallest absolute Gasteiger partial charge is 0.275 e. The summed E-state index contributed by atoms with van der Waals surface area (Å²) in [5.41, 5.74) is 2.67. The molecule has 0 aliphatic heterocycles. The van der Waals surface area contributed by atoms with Crippen LogP contribution in [0.15, 0.2) is 24.3 Å². The van der Waals surface area contributed by atoms with Crippen LogP contribution in [0.25, 0.3) is 0 Å². The van der Waals surface area contributed by atoms with Gasteiger partial charge in [-0.25, -0.2) is 0 Å². The Morgan fingerprint density at radius 3 is 2.45 bits per heavy atom. The zero-order valence-corrected chi connectivity index (χ0v) is 14.3. The first-order valence-corrected chi connectivity index (χ1v) is 8.77. The van der Waals surface area contributed by atoms with Crippen LogP contribution in [-0.4, -0.2) is 25.5 Å². The molecule has 122 valence electrons. The summed E-state index contributed by atoms with van der Waals surface area (Å²) in [4.78, 5) is 13.5. The number of carbonyl (C=O) groups excluding carboxylic acids is 1. The van der Waals surface area contributed by atoms with Crippen LogP contribution in [0.3, 0.4) is 0 Å². The summed E-state index contributed by atoms with van der Waals surface area (Å²) in [6.45, 7) is 5.88. The van der Waals surface area contributed by atoms with Crippen molar-refractivity contribution in [3.05, 3.63) is 35.4 Å². The highest BCUT2D eigenvalue weighted by Gasteiger charge is 2.23. The van der Waals surface area contributed by atoms with Crippen molar-refractivity contribution in [3.8, 4) is 0 Å². The second-order valence-corrected chi connectivity index (χ2v) is 6.92. The number of quaternary nitrogens is 1. The van der Waals surface area contributed by atoms with Gasteiger partial charge in [-0.2, -0.15) is 0 Å². The molecule has 2 rings (SSSR count). The maximum atomic E-state index is 12.2. The minimum Gasteiger partial charge on any atom is -0.348 e. The minimum atomic E-state index is 0.196. The fourth-order valence-electron chi connectivity index (χ4n) is 3.37. The predicted molar refractivity (Wildman–Crippen MR) is 90.8 cm³/mol. The first-order chi connectivity index (χ1) is 10.6. The van der Waals surface area contributed by atoms with Crippen LogP contribution in [0, 0.1) is 5.92 Å². The summed E-state index contributed by atoms with van der Waals surface area (Å²) in [7, 11) is 2.09. The third-order valence-electron chi connectivity index (χ3n) is 4.86. The number of aryl methyl sites for hydroxylation is 1. The Morgan fingerprint density at radius 2 is 1.82 bits per heavy atom. The van der Waals surface area contributed by atoms with Crippen molar-refractivity contribution in [1.29, 1.82) is 0 Å². The molecule has 3 heteroatoms. The molecule has 0 radical (unpaired) electrons. The van der Waals surface area contributed by atoms with Crippen LogP contribution in [-0.2, 0) is 17.8 Å². The van der Waals surface area contributed by atoms with E-state index in [2.05, 4.69) is 50.5 Å². The molecule has 0 bridgehead atoms. The SMILES string of the molecule is CCc1ccc(C[NH+](C)CC(=O)N[C@H]2CCCC[C@@H]2C)cc1. The van der Waals surface area contributed by atoms with E-state index in [1.165, 1.54) is 35.3 Å². The Kier molecular flexibility index (Phi) is 6.44. The molecule has 1 aromatic carbocycles. The molecule has 22 heavy (non-hydrogen) atoms. The number of amides is 1. The lowest BCUT2D eigenvalue weighted by molar-refractivity contribution is -0.885. The minimum absolute atomic E-state index is 0.196. The molecule has 1 aliphatic rings. The quantitative estimate of drug-likeness (QED) is 0.827. The molecule has 0 heterocycles. The van der Waals surface area contributed by atoms with E-state index in [0.29, 0.717) is 18.5 Å². The lowest BCUT2D eigenvalue weighted by Crippen LogP contribution is -3.09. The van der Waals surface area contributed by atoms with Crippen LogP contribution in [0.2, 0.25) is 0 Å². The van der Waals surface area contributed by atoms with Gasteiger partial charge in [-0.3, -0.25) is 4.79 Å². The van der Waals surface area contributed by atoms with E-state index in [-0.39, 0.29) is 5.91 Å². The Labute approximate surface area is 135 Å². The van der Waals surface area contributed by atoms with E-state index in [1.807, 2.05) is 0 Å². The van der Waals surface area contributed by atoms with Gasteiger partial charge in [0.1, 0.15) is 6.54 Å². The Bertz CT molecular complexity index is 469. The monoisotopic (exact) mass is 303 g/mol. The van der Waals surface area contributed by atoms with E-state index >= 15 is 0 Å². The number of nitrogens with one attached hydrogen (secondary N) is 2. The van der Waals surface area contributed by atoms with Crippen LogP contribution < -0.4 is 10.2 Å². The van der Waals surface area contributed by atoms with E-state index in [9.17, 15) is 4.79 Å². The summed E-state index contributed by atoms with van der Waals surface area (Å²) >= 11 is 0. The number of rotatable bonds is 6. The van der Waals surface area contributed by atoms with Gasteiger partial charge in [0, 0.05) is 11.6 Å². The Morgan fingerprint density at radius 1 is 1.18 bits per heavy atom. The number of hydrogen-bond donors (Lipinski definition) is 2. The molecule has 1 fully saturated rings. The van der Waals surface area contributed by atoms with Gasteiger partial charge >= 0.3 is 0 Å². The third kappa shape index (κ3) is 5.13. The van der Waals surface area contributed by atoms with Crippen molar-refractivity contribution < 1.29 is 9.69 Å². The van der Waals surface area contributed by atoms with Crippen LogP contribution >= 0.6 is 0 Å². The van der Waals surface area contributed by atoms with E-state index in [4.69, 9.17) is 0 Å². The van der Waals surface area contributed by atoms with Crippen molar-refractivity contribution in [2.24, 2.45) is 5.92 Å². The fraction of sp³-hybridized carbons (Fsp3) is 0.632. The summed E-state index contributed by atoms with van der Waals surface area (Å²) in [6.07, 6.45) is 6.03. The average Bonchev–Trinajstić information content (AvgIpc) is 2.50. The number of likely N-dealkylation sites (N-methyl/N-ethyl adjacent to an activating group) is 1. The molecule has 0 aromatic heterocycles. The van der Waals surface area contributed by atoms with E-state index < -0.39 is 0 Å². The van der Waals surface area contributed by atoms with Crippen molar-refractivity contribution in [2.45, 2.75) is 58.5 Å². The van der Waals surface area contributed by atoms with Gasteiger partial charge in [0.25, 0.3) is 5.91 Å². The highest BCUT2D eigenvalue weighted by atomic mass is 16.2. The zero-order valence-electron chi connectivity index (χ0n) is 14.3. The molecule has 3 atom stereocenters. The first-order valence-electron chi connectivity index (χ1n) is 8.77. The molecule has 1 aliphatic carbocycles. The number of benzene rings is 1. The first kappa shape index (κ1) is 17.0. The molecule has 1 amide bonds. The summed E-state index contributed by atoms with van der Waals surface area (Å²) < 4.78 is 0. The zero-order chi connectivity index (χ0) is 15.9. The molecular weight excluding hydrogens is 272 g/mol. The number of carbonyl (C=O) groups is 1. The lowest BCUT2D eigenvalue weighted by Gasteiger charge is -2.29. The molecule has 0 saturated heterocycles. The standard InChI is InChI=1S/C19H30N2O/c1-4-16-9-11-17(12-10-16)13-21(3)14-19(22)20-18-8-6-5-7-15(18)2/h9-12,15,18H,4-8,13-14H2,1-3H3,(H,20,22)/p+1/t15-,18-/m0/s1. The van der Waals surface area contributed by atoms with Gasteiger partial charge in [0.2, 0.25) is 0 Å². The largest absolute Gasteiger partial charge is 0.348 e. The topological polar surface area (TPSA) is 33.5 Å². The Balaban J connectivity index is 1.77. The average molecular weight is 303 g/mol. The van der Waals surface area contributed by atoms with Crippen LogP contribution in [0.4, 0.5) is 0 Å².